The van der Waals surface area contributed by atoms with Crippen LogP contribution in [0.1, 0.15) is 28.1 Å². The minimum atomic E-state index is 0.0474. The maximum atomic E-state index is 7.84. The predicted molar refractivity (Wildman–Crippen MR) is 88.7 cm³/mol. The zero-order chi connectivity index (χ0) is 15.7. The van der Waals surface area contributed by atoms with Crippen molar-refractivity contribution in [2.45, 2.75) is 27.7 Å². The van der Waals surface area contributed by atoms with E-state index in [1.54, 1.807) is 0 Å². The van der Waals surface area contributed by atoms with Gasteiger partial charge in [-0.05, 0) is 57.0 Å². The van der Waals surface area contributed by atoms with Crippen LogP contribution >= 0.6 is 0 Å². The number of hydrogen-bond donors (Lipinski definition) is 2. The molecule has 0 amide bonds. The quantitative estimate of drug-likeness (QED) is 0.670. The zero-order valence-corrected chi connectivity index (χ0v) is 13.3. The number of pyridine rings is 1. The second kappa shape index (κ2) is 5.56. The van der Waals surface area contributed by atoms with Gasteiger partial charge in [0.15, 0.2) is 0 Å². The van der Waals surface area contributed by atoms with Gasteiger partial charge in [-0.15, -0.1) is 0 Å². The second-order valence-electron chi connectivity index (χ2n) is 5.56. The third kappa shape index (κ3) is 3.05. The normalized spacial score (nSPS) is 10.5. The van der Waals surface area contributed by atoms with Gasteiger partial charge in [-0.1, -0.05) is 6.07 Å². The number of hydrogen-bond acceptors (Lipinski definition) is 3. The fourth-order valence-corrected chi connectivity index (χ4v) is 2.69. The lowest BCUT2D eigenvalue weighted by molar-refractivity contribution is 1.08. The summed E-state index contributed by atoms with van der Waals surface area (Å²) in [6.07, 6.45) is 0. The highest BCUT2D eigenvalue weighted by Gasteiger charge is 2.16. The number of nitrogens with zero attached hydrogens (tertiary/aromatic N) is 2. The van der Waals surface area contributed by atoms with Gasteiger partial charge in [0, 0.05) is 18.4 Å². The number of nitrogens with two attached hydrogens (primary N) is 1. The molecule has 3 N–H and O–H groups in total. The molecule has 4 heteroatoms. The number of aryl methyl sites for hydroxylation is 4. The summed E-state index contributed by atoms with van der Waals surface area (Å²) in [7, 11) is 1.99. The number of rotatable bonds is 3. The molecule has 0 unspecified atom stereocenters. The fraction of sp³-hybridized carbons (Fsp3) is 0.294. The van der Waals surface area contributed by atoms with E-state index in [9.17, 15) is 0 Å². The smallest absolute Gasteiger partial charge is 0.126 e. The maximum absolute atomic E-state index is 7.84. The first-order chi connectivity index (χ1) is 9.79. The Morgan fingerprint density at radius 2 is 1.62 bits per heavy atom. The first-order valence-corrected chi connectivity index (χ1v) is 6.94. The number of amidine groups is 1. The molecule has 1 aromatic carbocycles. The molecule has 0 aliphatic rings. The van der Waals surface area contributed by atoms with E-state index in [4.69, 9.17) is 11.1 Å². The van der Waals surface area contributed by atoms with E-state index in [-0.39, 0.29) is 5.84 Å². The standard InChI is InChI=1S/C17H22N4/c1-10-6-11(2)8-14(7-10)21(5)15-9-12(3)20-13(4)16(15)17(18)19/h6-9H,1-5H3,(H3,18,19). The molecule has 2 aromatic rings. The number of aromatic nitrogens is 1. The van der Waals surface area contributed by atoms with E-state index in [1.807, 2.05) is 27.0 Å². The van der Waals surface area contributed by atoms with Gasteiger partial charge in [0.25, 0.3) is 0 Å². The summed E-state index contributed by atoms with van der Waals surface area (Å²) in [6.45, 7) is 8.01. The van der Waals surface area contributed by atoms with E-state index >= 15 is 0 Å². The molecule has 110 valence electrons. The summed E-state index contributed by atoms with van der Waals surface area (Å²) in [5.41, 5.74) is 12.6. The van der Waals surface area contributed by atoms with Crippen LogP contribution in [0.5, 0.6) is 0 Å². The Morgan fingerprint density at radius 1 is 1.05 bits per heavy atom. The molecule has 1 aromatic heterocycles. The van der Waals surface area contributed by atoms with Gasteiger partial charge in [0.2, 0.25) is 0 Å². The van der Waals surface area contributed by atoms with Crippen molar-refractivity contribution in [3.8, 4) is 0 Å². The molecule has 0 fully saturated rings. The third-order valence-corrected chi connectivity index (χ3v) is 3.53. The molecular weight excluding hydrogens is 260 g/mol. The number of anilines is 2. The van der Waals surface area contributed by atoms with E-state index in [1.165, 1.54) is 11.1 Å². The van der Waals surface area contributed by atoms with Crippen molar-refractivity contribution in [3.05, 3.63) is 52.3 Å². The Bertz CT molecular complexity index is 684. The molecule has 0 saturated carbocycles. The Morgan fingerprint density at radius 3 is 2.14 bits per heavy atom. The van der Waals surface area contributed by atoms with E-state index < -0.39 is 0 Å². The predicted octanol–water partition coefficient (Wildman–Crippen LogP) is 3.37. The van der Waals surface area contributed by atoms with Crippen molar-refractivity contribution < 1.29 is 0 Å². The van der Waals surface area contributed by atoms with Gasteiger partial charge in [0.05, 0.1) is 16.9 Å². The monoisotopic (exact) mass is 282 g/mol. The summed E-state index contributed by atoms with van der Waals surface area (Å²) >= 11 is 0. The lowest BCUT2D eigenvalue weighted by atomic mass is 10.1. The van der Waals surface area contributed by atoms with Crippen molar-refractivity contribution in [1.82, 2.24) is 4.98 Å². The average Bonchev–Trinajstić information content (AvgIpc) is 2.35. The topological polar surface area (TPSA) is 66.0 Å². The number of nitrogen functional groups attached to an aromatic ring is 1. The highest BCUT2D eigenvalue weighted by Crippen LogP contribution is 2.30. The summed E-state index contributed by atoms with van der Waals surface area (Å²) in [6, 6.07) is 8.37. The Labute approximate surface area is 126 Å². The number of benzene rings is 1. The van der Waals surface area contributed by atoms with Gasteiger partial charge >= 0.3 is 0 Å². The van der Waals surface area contributed by atoms with Gasteiger partial charge in [-0.2, -0.15) is 0 Å². The summed E-state index contributed by atoms with van der Waals surface area (Å²) in [5.74, 6) is 0.0474. The van der Waals surface area contributed by atoms with Crippen molar-refractivity contribution >= 4 is 17.2 Å². The maximum Gasteiger partial charge on any atom is 0.126 e. The molecule has 0 radical (unpaired) electrons. The highest BCUT2D eigenvalue weighted by molar-refractivity contribution is 6.02. The average molecular weight is 282 g/mol. The molecule has 0 aliphatic carbocycles. The third-order valence-electron chi connectivity index (χ3n) is 3.53. The largest absolute Gasteiger partial charge is 0.384 e. The molecule has 21 heavy (non-hydrogen) atoms. The summed E-state index contributed by atoms with van der Waals surface area (Å²) < 4.78 is 0. The van der Waals surface area contributed by atoms with Gasteiger partial charge in [-0.3, -0.25) is 10.4 Å². The molecule has 0 spiro atoms. The fourth-order valence-electron chi connectivity index (χ4n) is 2.69. The lowest BCUT2D eigenvalue weighted by Gasteiger charge is -2.24. The van der Waals surface area contributed by atoms with Crippen LogP contribution in [0.3, 0.4) is 0 Å². The highest BCUT2D eigenvalue weighted by atomic mass is 15.1. The summed E-state index contributed by atoms with van der Waals surface area (Å²) in [4.78, 5) is 6.49. The van der Waals surface area contributed by atoms with Gasteiger partial charge in [0.1, 0.15) is 5.84 Å². The van der Waals surface area contributed by atoms with Crippen LogP contribution in [-0.4, -0.2) is 17.9 Å². The van der Waals surface area contributed by atoms with Crippen molar-refractivity contribution in [3.63, 3.8) is 0 Å². The van der Waals surface area contributed by atoms with Crippen LogP contribution in [0.4, 0.5) is 11.4 Å². The minimum absolute atomic E-state index is 0.0474. The second-order valence-corrected chi connectivity index (χ2v) is 5.56. The van der Waals surface area contributed by atoms with Crippen LogP contribution in [0, 0.1) is 33.1 Å². The van der Waals surface area contributed by atoms with Gasteiger partial charge in [-0.25, -0.2) is 0 Å². The molecule has 1 heterocycles. The zero-order valence-electron chi connectivity index (χ0n) is 13.3. The summed E-state index contributed by atoms with van der Waals surface area (Å²) in [5, 5.41) is 7.84. The first-order valence-electron chi connectivity index (χ1n) is 6.94. The van der Waals surface area contributed by atoms with Crippen LogP contribution < -0.4 is 10.6 Å². The van der Waals surface area contributed by atoms with E-state index in [2.05, 4.69) is 41.9 Å². The van der Waals surface area contributed by atoms with Crippen LogP contribution in [0.2, 0.25) is 0 Å². The van der Waals surface area contributed by atoms with Crippen molar-refractivity contribution in [2.75, 3.05) is 11.9 Å². The molecular formula is C17H22N4. The van der Waals surface area contributed by atoms with Crippen molar-refractivity contribution in [2.24, 2.45) is 5.73 Å². The lowest BCUT2D eigenvalue weighted by Crippen LogP contribution is -2.21. The Kier molecular flexibility index (Phi) is 3.98. The minimum Gasteiger partial charge on any atom is -0.384 e. The van der Waals surface area contributed by atoms with Gasteiger partial charge < -0.3 is 10.6 Å². The van der Waals surface area contributed by atoms with Crippen LogP contribution in [0.25, 0.3) is 0 Å². The van der Waals surface area contributed by atoms with E-state index in [0.29, 0.717) is 5.56 Å². The molecule has 4 nitrogen and oxygen atoms in total. The van der Waals surface area contributed by atoms with Crippen LogP contribution in [-0.2, 0) is 0 Å². The number of nitrogens with one attached hydrogen (secondary N) is 1. The Hall–Kier alpha value is -2.36. The van der Waals surface area contributed by atoms with Crippen molar-refractivity contribution in [1.29, 1.82) is 5.41 Å². The first kappa shape index (κ1) is 15.0. The molecule has 0 atom stereocenters. The molecule has 0 bridgehead atoms. The van der Waals surface area contributed by atoms with E-state index in [0.717, 1.165) is 22.8 Å². The van der Waals surface area contributed by atoms with Crippen LogP contribution in [0.15, 0.2) is 24.3 Å². The SMILES string of the molecule is Cc1cc(C)cc(N(C)c2cc(C)nc(C)c2C(=N)N)c1. The Balaban J connectivity index is 2.62. The molecule has 2 rings (SSSR count). The molecule has 0 aliphatic heterocycles. The molecule has 0 saturated heterocycles.